The summed E-state index contributed by atoms with van der Waals surface area (Å²) in [7, 11) is 0. The molecule has 1 aromatic heterocycles. The van der Waals surface area contributed by atoms with E-state index >= 15 is 0 Å². The van der Waals surface area contributed by atoms with Crippen LogP contribution in [-0.2, 0) is 0 Å². The quantitative estimate of drug-likeness (QED) is 0.467. The third kappa shape index (κ3) is 1.77. The van der Waals surface area contributed by atoms with Gasteiger partial charge in [0.05, 0.1) is 16.6 Å². The molecule has 3 N–H and O–H groups in total. The minimum atomic E-state index is -0.438. The number of hydrogen-bond donors (Lipinski definition) is 3. The Bertz CT molecular complexity index is 1210. The zero-order chi connectivity index (χ0) is 17.1. The molecule has 1 aliphatic heterocycles. The SMILES string of the molecule is O=C1NC(=O)c2c1c(-c1ccccc1)cc1[nH]c3cccc(O)c3c21. The second-order valence-corrected chi connectivity index (χ2v) is 6.07. The van der Waals surface area contributed by atoms with Crippen molar-refractivity contribution < 1.29 is 14.7 Å². The Labute approximate surface area is 141 Å². The summed E-state index contributed by atoms with van der Waals surface area (Å²) in [4.78, 5) is 28.2. The molecule has 0 saturated carbocycles. The van der Waals surface area contributed by atoms with Crippen molar-refractivity contribution in [2.45, 2.75) is 0 Å². The van der Waals surface area contributed by atoms with Gasteiger partial charge in [-0.15, -0.1) is 0 Å². The molecule has 120 valence electrons. The van der Waals surface area contributed by atoms with Crippen molar-refractivity contribution >= 4 is 33.6 Å². The van der Waals surface area contributed by atoms with Crippen LogP contribution in [0.15, 0.2) is 54.6 Å². The third-order valence-electron chi connectivity index (χ3n) is 4.66. The average Bonchev–Trinajstić information content (AvgIpc) is 3.13. The van der Waals surface area contributed by atoms with Gasteiger partial charge in [-0.25, -0.2) is 0 Å². The molecule has 2 amide bonds. The third-order valence-corrected chi connectivity index (χ3v) is 4.66. The first-order valence-corrected chi connectivity index (χ1v) is 7.86. The maximum Gasteiger partial charge on any atom is 0.259 e. The van der Waals surface area contributed by atoms with E-state index in [0.717, 1.165) is 11.1 Å². The van der Waals surface area contributed by atoms with Crippen molar-refractivity contribution in [3.8, 4) is 16.9 Å². The lowest BCUT2D eigenvalue weighted by molar-refractivity contribution is 0.0880. The van der Waals surface area contributed by atoms with Crippen LogP contribution in [-0.4, -0.2) is 21.9 Å². The number of imide groups is 1. The molecule has 5 heteroatoms. The highest BCUT2D eigenvalue weighted by atomic mass is 16.3. The van der Waals surface area contributed by atoms with Crippen LogP contribution in [0.5, 0.6) is 5.75 Å². The molecule has 3 aromatic carbocycles. The van der Waals surface area contributed by atoms with Gasteiger partial charge < -0.3 is 10.1 Å². The fourth-order valence-corrected chi connectivity index (χ4v) is 3.63. The number of H-pyrrole nitrogens is 1. The van der Waals surface area contributed by atoms with Gasteiger partial charge in [0.1, 0.15) is 5.75 Å². The van der Waals surface area contributed by atoms with E-state index in [2.05, 4.69) is 10.3 Å². The summed E-state index contributed by atoms with van der Waals surface area (Å²) in [5, 5.41) is 13.8. The molecule has 0 fully saturated rings. The number of aromatic nitrogens is 1. The van der Waals surface area contributed by atoms with E-state index in [1.54, 1.807) is 12.1 Å². The number of nitrogens with one attached hydrogen (secondary N) is 2. The molecule has 0 saturated heterocycles. The summed E-state index contributed by atoms with van der Waals surface area (Å²) in [6, 6.07) is 16.5. The summed E-state index contributed by atoms with van der Waals surface area (Å²) >= 11 is 0. The summed E-state index contributed by atoms with van der Waals surface area (Å²) < 4.78 is 0. The number of rotatable bonds is 1. The maximum atomic E-state index is 12.5. The molecule has 4 aromatic rings. The van der Waals surface area contributed by atoms with Gasteiger partial charge in [-0.2, -0.15) is 0 Å². The predicted octanol–water partition coefficient (Wildman–Crippen LogP) is 3.58. The van der Waals surface area contributed by atoms with E-state index in [9.17, 15) is 14.7 Å². The van der Waals surface area contributed by atoms with Crippen LogP contribution < -0.4 is 5.32 Å². The Morgan fingerprint density at radius 1 is 0.760 bits per heavy atom. The van der Waals surface area contributed by atoms with Crippen molar-refractivity contribution in [3.05, 3.63) is 65.7 Å². The number of phenolic OH excluding ortho intramolecular Hbond substituents is 1. The van der Waals surface area contributed by atoms with Gasteiger partial charge in [0.2, 0.25) is 0 Å². The van der Waals surface area contributed by atoms with Gasteiger partial charge in [0.25, 0.3) is 11.8 Å². The maximum absolute atomic E-state index is 12.5. The molecule has 0 aliphatic carbocycles. The number of carbonyl (C=O) groups excluding carboxylic acids is 2. The number of amides is 2. The zero-order valence-corrected chi connectivity index (χ0v) is 13.0. The number of benzene rings is 3. The average molecular weight is 328 g/mol. The number of aromatic hydroxyl groups is 1. The fourth-order valence-electron chi connectivity index (χ4n) is 3.63. The normalized spacial score (nSPS) is 13.4. The molecule has 5 rings (SSSR count). The van der Waals surface area contributed by atoms with Crippen molar-refractivity contribution in [1.29, 1.82) is 0 Å². The van der Waals surface area contributed by atoms with E-state index in [-0.39, 0.29) is 5.75 Å². The summed E-state index contributed by atoms with van der Waals surface area (Å²) in [5.41, 5.74) is 3.64. The highest BCUT2D eigenvalue weighted by Crippen LogP contribution is 2.41. The van der Waals surface area contributed by atoms with Gasteiger partial charge in [-0.1, -0.05) is 36.4 Å². The molecular formula is C20H12N2O3. The monoisotopic (exact) mass is 328 g/mol. The molecule has 0 radical (unpaired) electrons. The Kier molecular flexibility index (Phi) is 2.60. The molecule has 1 aliphatic rings. The first-order chi connectivity index (χ1) is 12.1. The van der Waals surface area contributed by atoms with Crippen LogP contribution in [0.3, 0.4) is 0 Å². The molecule has 0 atom stereocenters. The topological polar surface area (TPSA) is 82.2 Å². The molecule has 0 unspecified atom stereocenters. The summed E-state index contributed by atoms with van der Waals surface area (Å²) in [6.45, 7) is 0. The highest BCUT2D eigenvalue weighted by molar-refractivity contribution is 6.32. The summed E-state index contributed by atoms with van der Waals surface area (Å²) in [6.07, 6.45) is 0. The number of fused-ring (bicyclic) bond motifs is 5. The van der Waals surface area contributed by atoms with Crippen molar-refractivity contribution in [1.82, 2.24) is 10.3 Å². The standard InChI is InChI=1S/C20H12N2O3/c23-14-8-4-7-12-16(14)17-13(21-12)9-11(10-5-2-1-3-6-10)15-18(17)20(25)22-19(15)24/h1-9,21,23H,(H,22,24,25). The Morgan fingerprint density at radius 3 is 2.32 bits per heavy atom. The highest BCUT2D eigenvalue weighted by Gasteiger charge is 2.34. The van der Waals surface area contributed by atoms with Gasteiger partial charge in [0.15, 0.2) is 0 Å². The number of carbonyl (C=O) groups is 2. The Balaban J connectivity index is 2.02. The van der Waals surface area contributed by atoms with E-state index in [0.29, 0.717) is 33.0 Å². The Hall–Kier alpha value is -3.60. The van der Waals surface area contributed by atoms with Gasteiger partial charge in [-0.05, 0) is 29.3 Å². The number of hydrogen-bond acceptors (Lipinski definition) is 3. The molecule has 2 heterocycles. The lowest BCUT2D eigenvalue weighted by atomic mass is 9.93. The van der Waals surface area contributed by atoms with E-state index in [1.807, 2.05) is 42.5 Å². The summed E-state index contributed by atoms with van der Waals surface area (Å²) in [5.74, 6) is -0.775. The molecule has 5 nitrogen and oxygen atoms in total. The van der Waals surface area contributed by atoms with Crippen LogP contribution in [0.1, 0.15) is 20.7 Å². The first-order valence-electron chi connectivity index (χ1n) is 7.86. The van der Waals surface area contributed by atoms with Crippen molar-refractivity contribution in [3.63, 3.8) is 0 Å². The zero-order valence-electron chi connectivity index (χ0n) is 13.0. The van der Waals surface area contributed by atoms with Crippen LogP contribution in [0, 0.1) is 0 Å². The van der Waals surface area contributed by atoms with Crippen molar-refractivity contribution in [2.75, 3.05) is 0 Å². The second-order valence-electron chi connectivity index (χ2n) is 6.07. The van der Waals surface area contributed by atoms with E-state index < -0.39 is 11.8 Å². The second kappa shape index (κ2) is 4.70. The van der Waals surface area contributed by atoms with Crippen LogP contribution in [0.25, 0.3) is 32.9 Å². The van der Waals surface area contributed by atoms with Crippen LogP contribution >= 0.6 is 0 Å². The molecule has 25 heavy (non-hydrogen) atoms. The largest absolute Gasteiger partial charge is 0.507 e. The minimum absolute atomic E-state index is 0.0746. The first kappa shape index (κ1) is 13.8. The smallest absolute Gasteiger partial charge is 0.259 e. The van der Waals surface area contributed by atoms with Crippen LogP contribution in [0.2, 0.25) is 0 Å². The molecule has 0 bridgehead atoms. The molecular weight excluding hydrogens is 316 g/mol. The number of aromatic amines is 1. The minimum Gasteiger partial charge on any atom is -0.507 e. The lowest BCUT2D eigenvalue weighted by Crippen LogP contribution is -2.20. The fraction of sp³-hybridized carbons (Fsp3) is 0. The predicted molar refractivity (Wildman–Crippen MR) is 94.7 cm³/mol. The van der Waals surface area contributed by atoms with E-state index in [1.165, 1.54) is 0 Å². The van der Waals surface area contributed by atoms with Gasteiger partial charge >= 0.3 is 0 Å². The van der Waals surface area contributed by atoms with Crippen LogP contribution in [0.4, 0.5) is 0 Å². The number of phenols is 1. The van der Waals surface area contributed by atoms with Gasteiger partial charge in [-0.3, -0.25) is 14.9 Å². The molecule has 0 spiro atoms. The van der Waals surface area contributed by atoms with E-state index in [4.69, 9.17) is 0 Å². The Morgan fingerprint density at radius 2 is 1.52 bits per heavy atom. The van der Waals surface area contributed by atoms with Crippen molar-refractivity contribution in [2.24, 2.45) is 0 Å². The lowest BCUT2D eigenvalue weighted by Gasteiger charge is -2.08. The van der Waals surface area contributed by atoms with Gasteiger partial charge in [0, 0.05) is 16.3 Å².